The number of nitrogens with one attached hydrogen (secondary N) is 1. The van der Waals surface area contributed by atoms with E-state index in [1.807, 2.05) is 4.90 Å². The van der Waals surface area contributed by atoms with Crippen molar-refractivity contribution in [3.8, 4) is 0 Å². The number of nitrogens with two attached hydrogens (primary N) is 1. The maximum Gasteiger partial charge on any atom is 0.253 e. The van der Waals surface area contributed by atoms with Gasteiger partial charge in [-0.15, -0.1) is 12.4 Å². The Balaban J connectivity index is 0.00000243. The number of nitrogens with zero attached hydrogens (tertiary/aromatic N) is 1. The maximum absolute atomic E-state index is 12.6. The fraction of sp³-hybridized carbons (Fsp3) is 0.600. The van der Waals surface area contributed by atoms with Gasteiger partial charge in [0.25, 0.3) is 5.91 Å². The van der Waals surface area contributed by atoms with Crippen LogP contribution in [-0.2, 0) is 4.79 Å². The Hall–Kier alpha value is -1.59. The molecule has 0 radical (unpaired) electrons. The molecule has 0 unspecified atom stereocenters. The largest absolute Gasteiger partial charge is 0.339 e. The van der Waals surface area contributed by atoms with Crippen molar-refractivity contribution in [2.24, 2.45) is 11.7 Å². The van der Waals surface area contributed by atoms with Crippen molar-refractivity contribution < 1.29 is 9.59 Å². The third kappa shape index (κ3) is 4.77. The predicted molar refractivity (Wildman–Crippen MR) is 107 cm³/mol. The third-order valence-corrected chi connectivity index (χ3v) is 5.66. The van der Waals surface area contributed by atoms with Gasteiger partial charge in [-0.25, -0.2) is 0 Å². The number of benzene rings is 1. The lowest BCUT2D eigenvalue weighted by Crippen LogP contribution is -2.52. The average molecular weight is 380 g/mol. The molecular weight excluding hydrogens is 350 g/mol. The first-order chi connectivity index (χ1) is 12.0. The fourth-order valence-electron chi connectivity index (χ4n) is 3.76. The molecule has 3 N–H and O–H groups in total. The number of anilines is 1. The highest BCUT2D eigenvalue weighted by Crippen LogP contribution is 2.27. The van der Waals surface area contributed by atoms with Crippen LogP contribution < -0.4 is 11.1 Å². The summed E-state index contributed by atoms with van der Waals surface area (Å²) in [6.45, 7) is 3.89. The number of likely N-dealkylation sites (tertiary alicyclic amines) is 1. The van der Waals surface area contributed by atoms with E-state index >= 15 is 0 Å². The monoisotopic (exact) mass is 379 g/mol. The SMILES string of the molecule is CC1CCN(C(=O)c2ccc(NC(=O)C3(N)CCCCC3)cc2)CC1.Cl. The second-order valence-electron chi connectivity index (χ2n) is 7.72. The van der Waals surface area contributed by atoms with Gasteiger partial charge in [-0.05, 0) is 55.9 Å². The van der Waals surface area contributed by atoms with E-state index in [-0.39, 0.29) is 24.2 Å². The first kappa shape index (κ1) is 20.7. The molecule has 144 valence electrons. The van der Waals surface area contributed by atoms with Crippen LogP contribution in [0.2, 0.25) is 0 Å². The molecule has 5 nitrogen and oxygen atoms in total. The summed E-state index contributed by atoms with van der Waals surface area (Å²) in [5.74, 6) is 0.661. The summed E-state index contributed by atoms with van der Waals surface area (Å²) in [6, 6.07) is 7.17. The molecule has 2 aliphatic rings. The molecule has 1 saturated carbocycles. The molecule has 26 heavy (non-hydrogen) atoms. The Morgan fingerprint density at radius 2 is 1.65 bits per heavy atom. The van der Waals surface area contributed by atoms with Crippen LogP contribution in [0.1, 0.15) is 62.2 Å². The molecule has 1 saturated heterocycles. The zero-order valence-corrected chi connectivity index (χ0v) is 16.3. The molecular formula is C20H30ClN3O2. The van der Waals surface area contributed by atoms with Crippen molar-refractivity contribution in [1.29, 1.82) is 0 Å². The van der Waals surface area contributed by atoms with Gasteiger partial charge in [0.2, 0.25) is 5.91 Å². The van der Waals surface area contributed by atoms with Gasteiger partial charge in [0.15, 0.2) is 0 Å². The average Bonchev–Trinajstić information content (AvgIpc) is 2.63. The number of rotatable bonds is 3. The summed E-state index contributed by atoms with van der Waals surface area (Å²) in [5, 5.41) is 2.91. The van der Waals surface area contributed by atoms with E-state index in [0.717, 1.165) is 58.0 Å². The number of halogens is 1. The lowest BCUT2D eigenvalue weighted by Gasteiger charge is -2.32. The molecule has 0 spiro atoms. The lowest BCUT2D eigenvalue weighted by molar-refractivity contribution is -0.122. The quantitative estimate of drug-likeness (QED) is 0.842. The van der Waals surface area contributed by atoms with Crippen LogP contribution in [0.5, 0.6) is 0 Å². The van der Waals surface area contributed by atoms with Gasteiger partial charge in [-0.2, -0.15) is 0 Å². The van der Waals surface area contributed by atoms with Gasteiger partial charge in [-0.3, -0.25) is 9.59 Å². The van der Waals surface area contributed by atoms with Crippen molar-refractivity contribution in [2.45, 2.75) is 57.4 Å². The van der Waals surface area contributed by atoms with Crippen LogP contribution in [0.15, 0.2) is 24.3 Å². The molecule has 6 heteroatoms. The summed E-state index contributed by atoms with van der Waals surface area (Å²) in [6.07, 6.45) is 6.78. The van der Waals surface area contributed by atoms with E-state index in [0.29, 0.717) is 17.2 Å². The first-order valence-corrected chi connectivity index (χ1v) is 9.48. The van der Waals surface area contributed by atoms with E-state index in [1.54, 1.807) is 24.3 Å². The Morgan fingerprint density at radius 3 is 2.23 bits per heavy atom. The summed E-state index contributed by atoms with van der Waals surface area (Å²) in [5.41, 5.74) is 6.88. The molecule has 1 aliphatic heterocycles. The fourth-order valence-corrected chi connectivity index (χ4v) is 3.76. The highest BCUT2D eigenvalue weighted by Gasteiger charge is 2.35. The van der Waals surface area contributed by atoms with Crippen molar-refractivity contribution in [3.05, 3.63) is 29.8 Å². The molecule has 0 bridgehead atoms. The van der Waals surface area contributed by atoms with Crippen LogP contribution in [0.25, 0.3) is 0 Å². The Labute approximate surface area is 162 Å². The normalized spacial score (nSPS) is 20.2. The highest BCUT2D eigenvalue weighted by atomic mass is 35.5. The Morgan fingerprint density at radius 1 is 1.08 bits per heavy atom. The van der Waals surface area contributed by atoms with E-state index in [4.69, 9.17) is 5.73 Å². The molecule has 1 aromatic rings. The lowest BCUT2D eigenvalue weighted by atomic mass is 9.82. The Kier molecular flexibility index (Phi) is 7.07. The summed E-state index contributed by atoms with van der Waals surface area (Å²) in [4.78, 5) is 27.0. The number of hydrogen-bond acceptors (Lipinski definition) is 3. The second-order valence-corrected chi connectivity index (χ2v) is 7.72. The van der Waals surface area contributed by atoms with Gasteiger partial charge in [-0.1, -0.05) is 26.2 Å². The molecule has 1 heterocycles. The van der Waals surface area contributed by atoms with Crippen LogP contribution in [-0.4, -0.2) is 35.3 Å². The van der Waals surface area contributed by atoms with E-state index in [9.17, 15) is 9.59 Å². The van der Waals surface area contributed by atoms with E-state index in [1.165, 1.54) is 0 Å². The smallest absolute Gasteiger partial charge is 0.253 e. The van der Waals surface area contributed by atoms with Crippen LogP contribution in [0, 0.1) is 5.92 Å². The third-order valence-electron chi connectivity index (χ3n) is 5.66. The van der Waals surface area contributed by atoms with Gasteiger partial charge >= 0.3 is 0 Å². The number of hydrogen-bond donors (Lipinski definition) is 2. The minimum Gasteiger partial charge on any atom is -0.339 e. The summed E-state index contributed by atoms with van der Waals surface area (Å²) < 4.78 is 0. The molecule has 2 fully saturated rings. The molecule has 0 aromatic heterocycles. The number of carbonyl (C=O) groups excluding carboxylic acids is 2. The van der Waals surface area contributed by atoms with Gasteiger partial charge < -0.3 is 16.0 Å². The number of amides is 2. The molecule has 2 amide bonds. The molecule has 1 aromatic carbocycles. The predicted octanol–water partition coefficient (Wildman–Crippen LogP) is 3.58. The van der Waals surface area contributed by atoms with Crippen molar-refractivity contribution in [1.82, 2.24) is 4.90 Å². The van der Waals surface area contributed by atoms with Gasteiger partial charge in [0, 0.05) is 24.3 Å². The van der Waals surface area contributed by atoms with E-state index < -0.39 is 5.54 Å². The molecule has 0 atom stereocenters. The summed E-state index contributed by atoms with van der Waals surface area (Å²) in [7, 11) is 0. The van der Waals surface area contributed by atoms with Crippen LogP contribution in [0.3, 0.4) is 0 Å². The van der Waals surface area contributed by atoms with Crippen molar-refractivity contribution in [2.75, 3.05) is 18.4 Å². The van der Waals surface area contributed by atoms with E-state index in [2.05, 4.69) is 12.2 Å². The first-order valence-electron chi connectivity index (χ1n) is 9.48. The Bertz CT molecular complexity index is 618. The summed E-state index contributed by atoms with van der Waals surface area (Å²) >= 11 is 0. The van der Waals surface area contributed by atoms with Gasteiger partial charge in [0.1, 0.15) is 0 Å². The van der Waals surface area contributed by atoms with Gasteiger partial charge in [0.05, 0.1) is 5.54 Å². The minimum atomic E-state index is -0.753. The van der Waals surface area contributed by atoms with Crippen LogP contribution in [0.4, 0.5) is 5.69 Å². The second kappa shape index (κ2) is 8.87. The van der Waals surface area contributed by atoms with Crippen molar-refractivity contribution >= 4 is 29.9 Å². The zero-order valence-electron chi connectivity index (χ0n) is 15.5. The number of carbonyl (C=O) groups is 2. The van der Waals surface area contributed by atoms with Crippen LogP contribution >= 0.6 is 12.4 Å². The number of piperidine rings is 1. The minimum absolute atomic E-state index is 0. The van der Waals surface area contributed by atoms with Crippen molar-refractivity contribution in [3.63, 3.8) is 0 Å². The standard InChI is InChI=1S/C20H29N3O2.ClH/c1-15-9-13-23(14-10-15)18(24)16-5-7-17(8-6-16)22-19(25)20(21)11-3-2-4-12-20;/h5-8,15H,2-4,9-14,21H2,1H3,(H,22,25);1H. The molecule has 1 aliphatic carbocycles. The maximum atomic E-state index is 12.6. The topological polar surface area (TPSA) is 75.4 Å². The molecule has 3 rings (SSSR count). The zero-order chi connectivity index (χ0) is 17.9. The highest BCUT2D eigenvalue weighted by molar-refractivity contribution is 5.99.